The van der Waals surface area contributed by atoms with Crippen molar-refractivity contribution in [3.05, 3.63) is 124 Å². The monoisotopic (exact) mass is 831 g/mol. The first-order chi connectivity index (χ1) is 29.2. The summed E-state index contributed by atoms with van der Waals surface area (Å²) in [6, 6.07) is 26.9. The molecule has 0 bridgehead atoms. The van der Waals surface area contributed by atoms with E-state index in [0.717, 1.165) is 16.7 Å². The van der Waals surface area contributed by atoms with Crippen molar-refractivity contribution in [2.24, 2.45) is 17.8 Å². The number of nitrogens with one attached hydrogen (secondary N) is 2. The highest BCUT2D eigenvalue weighted by Crippen LogP contribution is 2.37. The van der Waals surface area contributed by atoms with Crippen molar-refractivity contribution in [2.45, 2.75) is 78.1 Å². The fraction of sp³-hybridized carbons (Fsp3) is 0.370. The molecule has 1 fully saturated rings. The highest BCUT2D eigenvalue weighted by molar-refractivity contribution is 6.43. The number of phenols is 2. The van der Waals surface area contributed by atoms with E-state index in [4.69, 9.17) is 4.74 Å². The number of phenolic OH excluding ortho intramolecular Hbond substituents is 2. The molecule has 4 aromatic carbocycles. The number of piperidine rings is 1. The topological polar surface area (TPSA) is 207 Å². The summed E-state index contributed by atoms with van der Waals surface area (Å²) in [6.07, 6.45) is 1.63. The maximum absolute atomic E-state index is 13.6. The van der Waals surface area contributed by atoms with E-state index in [9.17, 15) is 39.4 Å². The maximum atomic E-state index is 13.6. The van der Waals surface area contributed by atoms with Crippen LogP contribution >= 0.6 is 0 Å². The molecule has 2 heterocycles. The zero-order chi connectivity index (χ0) is 43.8. The lowest BCUT2D eigenvalue weighted by Crippen LogP contribution is -2.49. The molecule has 14 nitrogen and oxygen atoms in total. The van der Waals surface area contributed by atoms with Crippen molar-refractivity contribution < 1.29 is 39.4 Å². The number of hydrogen-bond acceptors (Lipinski definition) is 10. The quantitative estimate of drug-likeness (QED) is 0.0647. The van der Waals surface area contributed by atoms with Crippen LogP contribution in [0.4, 0.5) is 4.79 Å². The lowest BCUT2D eigenvalue weighted by molar-refractivity contribution is -0.132. The van der Waals surface area contributed by atoms with Crippen molar-refractivity contribution >= 4 is 24.9 Å². The number of rotatable bonds is 16. The second kappa shape index (κ2) is 19.9. The molecule has 6 rings (SSSR count). The van der Waals surface area contributed by atoms with Crippen LogP contribution < -0.4 is 15.7 Å². The summed E-state index contributed by atoms with van der Waals surface area (Å²) in [6.45, 7) is 8.34. The first-order valence-corrected chi connectivity index (χ1v) is 20.8. The summed E-state index contributed by atoms with van der Waals surface area (Å²) in [5.41, 5.74) is 3.81. The molecule has 2 amide bonds. The number of ether oxygens (including phenoxy) is 1. The molecule has 6 N–H and O–H groups in total. The second-order valence-electron chi connectivity index (χ2n) is 16.6. The van der Waals surface area contributed by atoms with E-state index in [0.29, 0.717) is 67.8 Å². The van der Waals surface area contributed by atoms with Gasteiger partial charge in [0.2, 0.25) is 5.91 Å². The Hall–Kier alpha value is -6.19. The van der Waals surface area contributed by atoms with Crippen LogP contribution in [0.3, 0.4) is 0 Å². The number of aromatic hydroxyl groups is 2. The van der Waals surface area contributed by atoms with Crippen molar-refractivity contribution in [3.63, 3.8) is 0 Å². The fourth-order valence-electron chi connectivity index (χ4n) is 7.81. The Balaban J connectivity index is 1.02. The molecule has 1 aliphatic rings. The Labute approximate surface area is 355 Å². The van der Waals surface area contributed by atoms with E-state index in [1.54, 1.807) is 35.2 Å². The molecule has 61 heavy (non-hydrogen) atoms. The van der Waals surface area contributed by atoms with Crippen LogP contribution in [0.2, 0.25) is 0 Å². The number of nitrogens with zero attached hydrogens (tertiary/aromatic N) is 3. The van der Waals surface area contributed by atoms with Crippen LogP contribution in [-0.4, -0.2) is 83.9 Å². The molecule has 1 saturated heterocycles. The SMILES string of the molecule is CC(C)C[C@H](NC(=O)C(CC(=O)C1CCN(C(=O)Oc2ccc(Cc3ccc(-n4c(-c5cc(C(C)C)c(O)cc5O)n[nH]c4=O)cc3)cc2)CC1)Cc1ccccc1)B(O)O. The third-order valence-electron chi connectivity index (χ3n) is 11.2. The van der Waals surface area contributed by atoms with Crippen LogP contribution in [-0.2, 0) is 22.4 Å². The first-order valence-electron chi connectivity index (χ1n) is 20.8. The van der Waals surface area contributed by atoms with Crippen molar-refractivity contribution in [1.82, 2.24) is 25.0 Å². The smallest absolute Gasteiger partial charge is 0.475 e. The van der Waals surface area contributed by atoms with Gasteiger partial charge in [0.25, 0.3) is 0 Å². The zero-order valence-corrected chi connectivity index (χ0v) is 35.0. The molecule has 2 atom stereocenters. The summed E-state index contributed by atoms with van der Waals surface area (Å²) < 4.78 is 7.05. The average molecular weight is 832 g/mol. The molecule has 1 unspecified atom stereocenters. The first kappa shape index (κ1) is 44.4. The van der Waals surface area contributed by atoms with E-state index in [1.165, 1.54) is 10.6 Å². The van der Waals surface area contributed by atoms with Crippen LogP contribution in [0.15, 0.2) is 95.8 Å². The van der Waals surface area contributed by atoms with Gasteiger partial charge in [-0.25, -0.2) is 19.3 Å². The summed E-state index contributed by atoms with van der Waals surface area (Å²) in [4.78, 5) is 54.6. The molecule has 1 aromatic heterocycles. The van der Waals surface area contributed by atoms with Crippen molar-refractivity contribution in [2.75, 3.05) is 13.1 Å². The predicted octanol–water partition coefficient (Wildman–Crippen LogP) is 5.92. The Morgan fingerprint density at radius 3 is 2.11 bits per heavy atom. The molecule has 0 spiro atoms. The number of H-pyrrole nitrogens is 1. The number of carbonyl (C=O) groups is 3. The van der Waals surface area contributed by atoms with Gasteiger partial charge in [0, 0.05) is 37.4 Å². The molecule has 0 radical (unpaired) electrons. The molecule has 5 aromatic rings. The third kappa shape index (κ3) is 11.4. The van der Waals surface area contributed by atoms with Gasteiger partial charge >= 0.3 is 18.9 Å². The van der Waals surface area contributed by atoms with Gasteiger partial charge in [0.05, 0.1) is 17.2 Å². The Morgan fingerprint density at radius 2 is 1.51 bits per heavy atom. The number of ketones is 1. The summed E-state index contributed by atoms with van der Waals surface area (Å²) in [7, 11) is -1.72. The standard InChI is InChI=1S/C46H54BN5O9/c1-28(2)22-42(47(59)60)48-44(56)34(24-30-8-6-5-7-9-30)25-39(53)33-18-20-51(21-19-33)46(58)61-36-16-12-32(13-17-36)23-31-10-14-35(15-11-31)52-43(49-50-45(52)57)38-26-37(29(3)4)40(54)27-41(38)55/h5-17,26-29,33-34,42,54-55,59-60H,18-25H2,1-4H3,(H,48,56)(H,50,57)/t34?,42-/m0/s1. The van der Waals surface area contributed by atoms with Gasteiger partial charge in [-0.3, -0.25) is 9.59 Å². The summed E-state index contributed by atoms with van der Waals surface area (Å²) in [5, 5.41) is 50.1. The molecule has 1 aliphatic heterocycles. The Morgan fingerprint density at radius 1 is 0.869 bits per heavy atom. The summed E-state index contributed by atoms with van der Waals surface area (Å²) >= 11 is 0. The number of aromatic amines is 1. The molecule has 0 aliphatic carbocycles. The van der Waals surface area contributed by atoms with Gasteiger partial charge < -0.3 is 35.2 Å². The van der Waals surface area contributed by atoms with Crippen molar-refractivity contribution in [1.29, 1.82) is 0 Å². The minimum absolute atomic E-state index is 0.000714. The van der Waals surface area contributed by atoms with Crippen LogP contribution in [0, 0.1) is 17.8 Å². The zero-order valence-electron chi connectivity index (χ0n) is 35.0. The van der Waals surface area contributed by atoms with Gasteiger partial charge in [-0.15, -0.1) is 0 Å². The predicted molar refractivity (Wildman–Crippen MR) is 231 cm³/mol. The number of likely N-dealkylation sites (tertiary alicyclic amines) is 1. The normalized spacial score (nSPS) is 14.2. The van der Waals surface area contributed by atoms with E-state index < -0.39 is 36.7 Å². The van der Waals surface area contributed by atoms with Gasteiger partial charge in [0.1, 0.15) is 23.0 Å². The van der Waals surface area contributed by atoms with Gasteiger partial charge in [-0.2, -0.15) is 5.10 Å². The molecule has 0 saturated carbocycles. The second-order valence-corrected chi connectivity index (χ2v) is 16.6. The van der Waals surface area contributed by atoms with Crippen molar-refractivity contribution in [3.8, 4) is 34.3 Å². The Kier molecular flexibility index (Phi) is 14.5. The number of Topliss-reactive ketones (excluding diaryl/α,β-unsaturated/α-hetero) is 1. The van der Waals surface area contributed by atoms with E-state index >= 15 is 0 Å². The highest BCUT2D eigenvalue weighted by atomic mass is 16.6. The lowest BCUT2D eigenvalue weighted by Gasteiger charge is -2.31. The largest absolute Gasteiger partial charge is 0.508 e. The minimum Gasteiger partial charge on any atom is -0.508 e. The number of hydrogen-bond donors (Lipinski definition) is 6. The van der Waals surface area contributed by atoms with Gasteiger partial charge in [-0.05, 0) is 96.5 Å². The van der Waals surface area contributed by atoms with Gasteiger partial charge in [-0.1, -0.05) is 82.3 Å². The average Bonchev–Trinajstić information content (AvgIpc) is 3.61. The molecule has 320 valence electrons. The summed E-state index contributed by atoms with van der Waals surface area (Å²) in [5.74, 6) is -1.88. The lowest BCUT2D eigenvalue weighted by atomic mass is 9.74. The van der Waals surface area contributed by atoms with Crippen LogP contribution in [0.1, 0.15) is 81.5 Å². The number of benzene rings is 4. The fourth-order valence-corrected chi connectivity index (χ4v) is 7.81. The molecule has 15 heteroatoms. The number of aromatic nitrogens is 3. The maximum Gasteiger partial charge on any atom is 0.475 e. The van der Waals surface area contributed by atoms with E-state index in [-0.39, 0.29) is 47.3 Å². The minimum atomic E-state index is -1.72. The van der Waals surface area contributed by atoms with Gasteiger partial charge in [0.15, 0.2) is 5.82 Å². The molecular weight excluding hydrogens is 777 g/mol. The third-order valence-corrected chi connectivity index (χ3v) is 11.2. The van der Waals surface area contributed by atoms with Crippen LogP contribution in [0.5, 0.6) is 17.2 Å². The number of amides is 2. The molecular formula is C46H54BN5O9. The van der Waals surface area contributed by atoms with Crippen LogP contribution in [0.25, 0.3) is 17.1 Å². The number of carbonyl (C=O) groups excluding carboxylic acids is 3. The van der Waals surface area contributed by atoms with E-state index in [2.05, 4.69) is 15.5 Å². The Bertz CT molecular complexity index is 2340. The van der Waals surface area contributed by atoms with E-state index in [1.807, 2.05) is 82.3 Å². The highest BCUT2D eigenvalue weighted by Gasteiger charge is 2.34.